The minimum Gasteiger partial charge on any atom is -0.314 e. The van der Waals surface area contributed by atoms with Gasteiger partial charge in [-0.05, 0) is 19.4 Å². The van der Waals surface area contributed by atoms with E-state index in [2.05, 4.69) is 5.32 Å². The van der Waals surface area contributed by atoms with Gasteiger partial charge in [-0.15, -0.1) is 0 Å². The fraction of sp³-hybridized carbons (Fsp3) is 0.500. The van der Waals surface area contributed by atoms with Crippen LogP contribution in [0.25, 0.3) is 0 Å². The van der Waals surface area contributed by atoms with E-state index in [1.54, 1.807) is 6.92 Å². The van der Waals surface area contributed by atoms with Crippen LogP contribution in [0.1, 0.15) is 13.8 Å². The number of carbonyl (C=O) groups excluding carboxylic acids is 2. The monoisotopic (exact) mass is 259 g/mol. The van der Waals surface area contributed by atoms with Gasteiger partial charge in [-0.25, -0.2) is 0 Å². The molecule has 1 aliphatic carbocycles. The average Bonchev–Trinajstić information content (AvgIpc) is 2.41. The van der Waals surface area contributed by atoms with E-state index in [1.165, 1.54) is 13.0 Å². The summed E-state index contributed by atoms with van der Waals surface area (Å²) in [5.41, 5.74) is 1.42. The van der Waals surface area contributed by atoms with Gasteiger partial charge in [0.1, 0.15) is 6.04 Å². The van der Waals surface area contributed by atoms with Crippen LogP contribution in [-0.4, -0.2) is 48.7 Å². The maximum Gasteiger partial charge on any atom is 0.178 e. The van der Waals surface area contributed by atoms with Crippen molar-refractivity contribution in [3.05, 3.63) is 22.8 Å². The topological polar surface area (TPSA) is 73.2 Å². The first-order valence-electron chi connectivity index (χ1n) is 6.38. The van der Waals surface area contributed by atoms with E-state index < -0.39 is 6.04 Å². The number of carbonyl (C=O) groups is 2. The highest BCUT2D eigenvalue weighted by molar-refractivity contribution is 6.10. The fourth-order valence-electron chi connectivity index (χ4n) is 2.70. The predicted octanol–water partition coefficient (Wildman–Crippen LogP) is 0.198. The summed E-state index contributed by atoms with van der Waals surface area (Å²) in [6, 6.07) is 1.47. The summed E-state index contributed by atoms with van der Waals surface area (Å²) in [6.07, 6.45) is 1.37. The van der Waals surface area contributed by atoms with Crippen molar-refractivity contribution in [2.75, 3.05) is 26.2 Å². The van der Waals surface area contributed by atoms with Gasteiger partial charge < -0.3 is 5.32 Å². The molecule has 5 nitrogen and oxygen atoms in total. The number of hydrogen-bond acceptors (Lipinski definition) is 5. The highest BCUT2D eigenvalue weighted by atomic mass is 16.1. The molecule has 1 atom stereocenters. The molecule has 1 saturated heterocycles. The molecule has 0 saturated carbocycles. The summed E-state index contributed by atoms with van der Waals surface area (Å²) in [7, 11) is 0. The second-order valence-corrected chi connectivity index (χ2v) is 4.86. The van der Waals surface area contributed by atoms with Gasteiger partial charge >= 0.3 is 0 Å². The van der Waals surface area contributed by atoms with Crippen LogP contribution in [0.2, 0.25) is 0 Å². The van der Waals surface area contributed by atoms with E-state index in [0.29, 0.717) is 16.7 Å². The van der Waals surface area contributed by atoms with Crippen molar-refractivity contribution in [1.29, 1.82) is 5.26 Å². The number of nitrogens with zero attached hydrogens (tertiary/aromatic N) is 2. The molecule has 2 aliphatic rings. The molecule has 100 valence electrons. The van der Waals surface area contributed by atoms with Gasteiger partial charge in [-0.2, -0.15) is 5.26 Å². The fourth-order valence-corrected chi connectivity index (χ4v) is 2.70. The second kappa shape index (κ2) is 5.47. The van der Waals surface area contributed by atoms with Crippen LogP contribution in [0, 0.1) is 11.3 Å². The molecule has 0 amide bonds. The molecule has 1 heterocycles. The number of piperazine rings is 1. The van der Waals surface area contributed by atoms with E-state index in [9.17, 15) is 9.59 Å². The van der Waals surface area contributed by atoms with Crippen molar-refractivity contribution in [3.8, 4) is 6.07 Å². The van der Waals surface area contributed by atoms with Crippen LogP contribution in [0.4, 0.5) is 0 Å². The van der Waals surface area contributed by atoms with Crippen LogP contribution in [-0.2, 0) is 9.59 Å². The first-order valence-corrected chi connectivity index (χ1v) is 6.38. The third-order valence-electron chi connectivity index (χ3n) is 3.65. The number of nitriles is 1. The zero-order chi connectivity index (χ0) is 14.0. The Bertz CT molecular complexity index is 519. The first-order chi connectivity index (χ1) is 9.06. The SMILES string of the molecule is CC(=O)C1=C(C)C(C#N)=CC(=O)C1N1CCNCC1. The molecule has 5 heteroatoms. The van der Waals surface area contributed by atoms with Gasteiger partial charge in [0.15, 0.2) is 11.6 Å². The Kier molecular flexibility index (Phi) is 3.93. The standard InChI is InChI=1S/C14H17N3O2/c1-9-11(8-15)7-12(19)14(13(9)10(2)18)17-5-3-16-4-6-17/h7,14,16H,3-6H2,1-2H3. The normalized spacial score (nSPS) is 25.0. The molecular formula is C14H17N3O2. The summed E-state index contributed by atoms with van der Waals surface area (Å²) >= 11 is 0. The van der Waals surface area contributed by atoms with Gasteiger partial charge in [-0.1, -0.05) is 0 Å². The summed E-state index contributed by atoms with van der Waals surface area (Å²) in [5, 5.41) is 12.3. The number of nitrogens with one attached hydrogen (secondary N) is 1. The molecule has 1 unspecified atom stereocenters. The van der Waals surface area contributed by atoms with E-state index in [0.717, 1.165) is 26.2 Å². The molecule has 0 aromatic rings. The Hall–Kier alpha value is -1.77. The van der Waals surface area contributed by atoms with Crippen LogP contribution in [0.5, 0.6) is 0 Å². The van der Waals surface area contributed by atoms with Crippen molar-refractivity contribution in [2.45, 2.75) is 19.9 Å². The Morgan fingerprint density at radius 3 is 2.63 bits per heavy atom. The highest BCUT2D eigenvalue weighted by Crippen LogP contribution is 2.27. The zero-order valence-corrected chi connectivity index (χ0v) is 11.2. The molecule has 1 aliphatic heterocycles. The van der Waals surface area contributed by atoms with E-state index in [4.69, 9.17) is 5.26 Å². The van der Waals surface area contributed by atoms with Gasteiger partial charge in [0, 0.05) is 37.8 Å². The summed E-state index contributed by atoms with van der Waals surface area (Å²) in [5.74, 6) is -0.288. The van der Waals surface area contributed by atoms with E-state index >= 15 is 0 Å². The molecule has 19 heavy (non-hydrogen) atoms. The summed E-state index contributed by atoms with van der Waals surface area (Å²) < 4.78 is 0. The third-order valence-corrected chi connectivity index (χ3v) is 3.65. The molecule has 2 rings (SSSR count). The number of hydrogen-bond donors (Lipinski definition) is 1. The third kappa shape index (κ3) is 2.50. The minimum atomic E-state index is -0.517. The van der Waals surface area contributed by atoms with Crippen LogP contribution < -0.4 is 5.32 Å². The lowest BCUT2D eigenvalue weighted by atomic mass is 9.84. The number of ketones is 2. The Labute approximate surface area is 112 Å². The van der Waals surface area contributed by atoms with Gasteiger partial charge in [0.25, 0.3) is 0 Å². The quantitative estimate of drug-likeness (QED) is 0.767. The van der Waals surface area contributed by atoms with Gasteiger partial charge in [0.05, 0.1) is 11.6 Å². The highest BCUT2D eigenvalue weighted by Gasteiger charge is 2.36. The largest absolute Gasteiger partial charge is 0.314 e. The lowest BCUT2D eigenvalue weighted by Crippen LogP contribution is -2.53. The van der Waals surface area contributed by atoms with Crippen LogP contribution >= 0.6 is 0 Å². The Morgan fingerprint density at radius 1 is 1.47 bits per heavy atom. The van der Waals surface area contributed by atoms with E-state index in [-0.39, 0.29) is 11.6 Å². The van der Waals surface area contributed by atoms with Crippen molar-refractivity contribution >= 4 is 11.6 Å². The zero-order valence-electron chi connectivity index (χ0n) is 11.2. The lowest BCUT2D eigenvalue weighted by Gasteiger charge is -2.36. The lowest BCUT2D eigenvalue weighted by molar-refractivity contribution is -0.122. The molecule has 0 aromatic heterocycles. The maximum absolute atomic E-state index is 12.2. The average molecular weight is 259 g/mol. The molecule has 0 radical (unpaired) electrons. The van der Waals surface area contributed by atoms with Gasteiger partial charge in [0.2, 0.25) is 0 Å². The molecule has 1 fully saturated rings. The van der Waals surface area contributed by atoms with Crippen molar-refractivity contribution < 1.29 is 9.59 Å². The smallest absolute Gasteiger partial charge is 0.178 e. The molecule has 1 N–H and O–H groups in total. The number of rotatable bonds is 2. The van der Waals surface area contributed by atoms with Crippen molar-refractivity contribution in [2.24, 2.45) is 0 Å². The second-order valence-electron chi connectivity index (χ2n) is 4.86. The minimum absolute atomic E-state index is 0.129. The van der Waals surface area contributed by atoms with Gasteiger partial charge in [-0.3, -0.25) is 14.5 Å². The van der Waals surface area contributed by atoms with Crippen molar-refractivity contribution in [1.82, 2.24) is 10.2 Å². The Morgan fingerprint density at radius 2 is 2.11 bits per heavy atom. The number of Topliss-reactive ketones (excluding diaryl/α,β-unsaturated/α-hetero) is 1. The number of allylic oxidation sites excluding steroid dienone is 2. The molecular weight excluding hydrogens is 242 g/mol. The van der Waals surface area contributed by atoms with Crippen molar-refractivity contribution in [3.63, 3.8) is 0 Å². The van der Waals surface area contributed by atoms with Crippen LogP contribution in [0.15, 0.2) is 22.8 Å². The predicted molar refractivity (Wildman–Crippen MR) is 70.3 cm³/mol. The van der Waals surface area contributed by atoms with Crippen LogP contribution in [0.3, 0.4) is 0 Å². The molecule has 0 bridgehead atoms. The summed E-state index contributed by atoms with van der Waals surface area (Å²) in [6.45, 7) is 6.28. The summed E-state index contributed by atoms with van der Waals surface area (Å²) in [4.78, 5) is 26.1. The molecule has 0 aromatic carbocycles. The maximum atomic E-state index is 12.2. The Balaban J connectivity index is 2.43. The molecule has 0 spiro atoms. The first kappa shape index (κ1) is 13.7. The van der Waals surface area contributed by atoms with E-state index in [1.807, 2.05) is 11.0 Å².